The lowest BCUT2D eigenvalue weighted by Gasteiger charge is -2.20. The molecule has 2 rings (SSSR count). The molecule has 1 aliphatic rings. The lowest BCUT2D eigenvalue weighted by Crippen LogP contribution is -2.31. The van der Waals surface area contributed by atoms with E-state index in [1.165, 1.54) is 12.1 Å². The first kappa shape index (κ1) is 16.5. The zero-order chi connectivity index (χ0) is 15.5. The van der Waals surface area contributed by atoms with Gasteiger partial charge in [-0.05, 0) is 24.1 Å². The lowest BCUT2D eigenvalue weighted by atomic mass is 10.0. The number of hydrogen-bond acceptors (Lipinski definition) is 3. The summed E-state index contributed by atoms with van der Waals surface area (Å²) in [6.07, 6.45) is -0.580. The summed E-state index contributed by atoms with van der Waals surface area (Å²) >= 11 is 5.63. The summed E-state index contributed by atoms with van der Waals surface area (Å²) in [7, 11) is 0. The van der Waals surface area contributed by atoms with Gasteiger partial charge in [0.05, 0.1) is 11.1 Å². The third kappa shape index (κ3) is 4.57. The third-order valence-corrected chi connectivity index (χ3v) is 3.72. The van der Waals surface area contributed by atoms with E-state index in [2.05, 4.69) is 5.32 Å². The highest BCUT2D eigenvalue weighted by molar-refractivity contribution is 6.30. The van der Waals surface area contributed by atoms with Crippen LogP contribution in [0.4, 0.5) is 13.2 Å². The number of alkyl halides is 2. The summed E-state index contributed by atoms with van der Waals surface area (Å²) in [5.74, 6) is -3.34. The number of benzene rings is 1. The fourth-order valence-corrected chi connectivity index (χ4v) is 2.46. The van der Waals surface area contributed by atoms with E-state index in [-0.39, 0.29) is 30.6 Å². The molecule has 1 fully saturated rings. The van der Waals surface area contributed by atoms with E-state index in [0.29, 0.717) is 12.0 Å². The van der Waals surface area contributed by atoms with Gasteiger partial charge >= 0.3 is 0 Å². The van der Waals surface area contributed by atoms with Crippen LogP contribution in [-0.4, -0.2) is 36.9 Å². The number of aliphatic hydroxyl groups excluding tert-OH is 1. The van der Waals surface area contributed by atoms with Gasteiger partial charge in [0.15, 0.2) is 0 Å². The molecule has 0 radical (unpaired) electrons. The van der Waals surface area contributed by atoms with Gasteiger partial charge in [0.1, 0.15) is 12.4 Å². The van der Waals surface area contributed by atoms with Crippen molar-refractivity contribution in [2.75, 3.05) is 19.8 Å². The van der Waals surface area contributed by atoms with Crippen LogP contribution in [0.25, 0.3) is 0 Å². The van der Waals surface area contributed by atoms with E-state index in [1.54, 1.807) is 6.07 Å². The number of aliphatic hydroxyl groups is 1. The zero-order valence-electron chi connectivity index (χ0n) is 11.3. The first-order valence-corrected chi connectivity index (χ1v) is 7.08. The van der Waals surface area contributed by atoms with E-state index in [0.717, 1.165) is 0 Å². The topological polar surface area (TPSA) is 41.5 Å². The summed E-state index contributed by atoms with van der Waals surface area (Å²) < 4.78 is 44.5. The minimum Gasteiger partial charge on any atom is -0.396 e. The van der Waals surface area contributed by atoms with Crippen LogP contribution in [0.3, 0.4) is 0 Å². The number of ether oxygens (including phenoxy) is 1. The summed E-state index contributed by atoms with van der Waals surface area (Å²) in [6.45, 7) is -0.465. The van der Waals surface area contributed by atoms with Crippen LogP contribution in [0.1, 0.15) is 24.4 Å². The number of rotatable bonds is 6. The second kappa shape index (κ2) is 6.96. The van der Waals surface area contributed by atoms with Crippen LogP contribution in [0, 0.1) is 5.82 Å². The molecule has 1 aromatic carbocycles. The summed E-state index contributed by atoms with van der Waals surface area (Å²) in [4.78, 5) is 0. The Balaban J connectivity index is 1.97. The molecule has 0 spiro atoms. The van der Waals surface area contributed by atoms with Crippen molar-refractivity contribution in [2.45, 2.75) is 30.9 Å². The standard InChI is InChI=1S/C14H17ClF3NO2/c15-11-2-1-9(5-12(11)16)13(3-4-20)19-7-10-6-14(17,18)8-21-10/h1-2,5,10,13,19-20H,3-4,6-8H2. The van der Waals surface area contributed by atoms with Crippen molar-refractivity contribution in [3.8, 4) is 0 Å². The monoisotopic (exact) mass is 323 g/mol. The van der Waals surface area contributed by atoms with Crippen LogP contribution in [0.2, 0.25) is 5.02 Å². The van der Waals surface area contributed by atoms with Crippen molar-refractivity contribution in [1.29, 1.82) is 0 Å². The highest BCUT2D eigenvalue weighted by Gasteiger charge is 2.40. The molecule has 2 N–H and O–H groups in total. The van der Waals surface area contributed by atoms with Gasteiger partial charge in [-0.3, -0.25) is 0 Å². The van der Waals surface area contributed by atoms with Crippen molar-refractivity contribution < 1.29 is 23.0 Å². The van der Waals surface area contributed by atoms with Gasteiger partial charge in [0.2, 0.25) is 0 Å². The average molecular weight is 324 g/mol. The van der Waals surface area contributed by atoms with Gasteiger partial charge < -0.3 is 15.2 Å². The molecule has 0 aliphatic carbocycles. The molecule has 0 amide bonds. The van der Waals surface area contributed by atoms with E-state index in [9.17, 15) is 13.2 Å². The Morgan fingerprint density at radius 1 is 1.48 bits per heavy atom. The highest BCUT2D eigenvalue weighted by Crippen LogP contribution is 2.29. The molecular weight excluding hydrogens is 307 g/mol. The van der Waals surface area contributed by atoms with Crippen LogP contribution in [0.5, 0.6) is 0 Å². The molecule has 21 heavy (non-hydrogen) atoms. The van der Waals surface area contributed by atoms with Crippen LogP contribution >= 0.6 is 11.6 Å². The maximum Gasteiger partial charge on any atom is 0.273 e. The molecule has 118 valence electrons. The quantitative estimate of drug-likeness (QED) is 0.846. The highest BCUT2D eigenvalue weighted by atomic mass is 35.5. The van der Waals surface area contributed by atoms with Gasteiger partial charge in [0, 0.05) is 25.6 Å². The predicted molar refractivity (Wildman–Crippen MR) is 73.2 cm³/mol. The number of hydrogen-bond donors (Lipinski definition) is 2. The predicted octanol–water partition coefficient (Wildman–Crippen LogP) is 2.92. The smallest absolute Gasteiger partial charge is 0.273 e. The van der Waals surface area contributed by atoms with E-state index in [1.807, 2.05) is 0 Å². The van der Waals surface area contributed by atoms with Gasteiger partial charge in [-0.25, -0.2) is 13.2 Å². The number of halogens is 4. The molecule has 7 heteroatoms. The molecule has 1 aliphatic heterocycles. The minimum atomic E-state index is -2.79. The molecule has 1 aromatic rings. The van der Waals surface area contributed by atoms with Crippen LogP contribution < -0.4 is 5.32 Å². The molecule has 0 aromatic heterocycles. The van der Waals surface area contributed by atoms with Crippen molar-refractivity contribution >= 4 is 11.6 Å². The summed E-state index contributed by atoms with van der Waals surface area (Å²) in [5, 5.41) is 12.1. The van der Waals surface area contributed by atoms with Crippen LogP contribution in [0.15, 0.2) is 18.2 Å². The van der Waals surface area contributed by atoms with Crippen molar-refractivity contribution in [2.24, 2.45) is 0 Å². The average Bonchev–Trinajstić information content (AvgIpc) is 2.77. The molecule has 0 saturated carbocycles. The molecule has 1 saturated heterocycles. The molecule has 3 nitrogen and oxygen atoms in total. The van der Waals surface area contributed by atoms with Crippen molar-refractivity contribution in [1.82, 2.24) is 5.32 Å². The zero-order valence-corrected chi connectivity index (χ0v) is 12.0. The van der Waals surface area contributed by atoms with Crippen molar-refractivity contribution in [3.05, 3.63) is 34.6 Å². The first-order chi connectivity index (χ1) is 9.91. The second-order valence-electron chi connectivity index (χ2n) is 5.14. The number of nitrogens with one attached hydrogen (secondary N) is 1. The van der Waals surface area contributed by atoms with Gasteiger partial charge in [-0.1, -0.05) is 17.7 Å². The molecular formula is C14H17ClF3NO2. The largest absolute Gasteiger partial charge is 0.396 e. The lowest BCUT2D eigenvalue weighted by molar-refractivity contribution is -0.0100. The second-order valence-corrected chi connectivity index (χ2v) is 5.55. The minimum absolute atomic E-state index is 0.0141. The normalized spacial score (nSPS) is 22.4. The summed E-state index contributed by atoms with van der Waals surface area (Å²) in [5.41, 5.74) is 0.607. The Morgan fingerprint density at radius 3 is 2.81 bits per heavy atom. The Hall–Kier alpha value is -0.820. The molecule has 0 bridgehead atoms. The van der Waals surface area contributed by atoms with Gasteiger partial charge in [-0.2, -0.15) is 0 Å². The van der Waals surface area contributed by atoms with E-state index in [4.69, 9.17) is 21.4 Å². The fourth-order valence-electron chi connectivity index (χ4n) is 2.34. The first-order valence-electron chi connectivity index (χ1n) is 6.70. The maximum absolute atomic E-state index is 13.5. The van der Waals surface area contributed by atoms with Crippen LogP contribution in [-0.2, 0) is 4.74 Å². The Kier molecular flexibility index (Phi) is 5.48. The SMILES string of the molecule is OCCC(NCC1CC(F)(F)CO1)c1ccc(Cl)c(F)c1. The Bertz CT molecular complexity index is 487. The summed E-state index contributed by atoms with van der Waals surface area (Å²) in [6, 6.07) is 4.00. The fraction of sp³-hybridized carbons (Fsp3) is 0.571. The van der Waals surface area contributed by atoms with Gasteiger partial charge in [0.25, 0.3) is 5.92 Å². The molecule has 1 heterocycles. The Labute approximate surface area is 126 Å². The third-order valence-electron chi connectivity index (χ3n) is 3.41. The maximum atomic E-state index is 13.5. The Morgan fingerprint density at radius 2 is 2.24 bits per heavy atom. The van der Waals surface area contributed by atoms with Crippen molar-refractivity contribution in [3.63, 3.8) is 0 Å². The molecule has 2 atom stereocenters. The molecule has 2 unspecified atom stereocenters. The van der Waals surface area contributed by atoms with E-state index >= 15 is 0 Å². The van der Waals surface area contributed by atoms with E-state index < -0.39 is 24.5 Å². The van der Waals surface area contributed by atoms with Gasteiger partial charge in [-0.15, -0.1) is 0 Å².